The van der Waals surface area contributed by atoms with Gasteiger partial charge in [0.25, 0.3) is 0 Å². The first-order chi connectivity index (χ1) is 10.7. The normalized spacial score (nSPS) is 12.0. The molecule has 1 rings (SSSR count). The minimum absolute atomic E-state index is 0.266. The van der Waals surface area contributed by atoms with Crippen molar-refractivity contribution in [2.75, 3.05) is 11.9 Å². The summed E-state index contributed by atoms with van der Waals surface area (Å²) in [5.74, 6) is -0.826. The zero-order chi connectivity index (χ0) is 17.5. The van der Waals surface area contributed by atoms with Gasteiger partial charge in [-0.15, -0.1) is 0 Å². The smallest absolute Gasteiger partial charge is 0.408 e. The number of alkyl carbamates (subject to hydrolysis) is 1. The van der Waals surface area contributed by atoms with Crippen molar-refractivity contribution in [3.8, 4) is 0 Å². The second-order valence-electron chi connectivity index (χ2n) is 6.00. The third-order valence-electron chi connectivity index (χ3n) is 2.60. The fourth-order valence-electron chi connectivity index (χ4n) is 1.60. The van der Waals surface area contributed by atoms with Crippen molar-refractivity contribution in [2.45, 2.75) is 39.3 Å². The molecule has 0 saturated carbocycles. The molecular formula is C16H23N3O4. The molecular weight excluding hydrogens is 298 g/mol. The van der Waals surface area contributed by atoms with Crippen LogP contribution in [0.5, 0.6) is 0 Å². The minimum Gasteiger partial charge on any atom is -0.444 e. The average Bonchev–Trinajstić information content (AvgIpc) is 2.44. The van der Waals surface area contributed by atoms with E-state index < -0.39 is 23.6 Å². The van der Waals surface area contributed by atoms with Crippen LogP contribution in [0.4, 0.5) is 10.5 Å². The zero-order valence-electron chi connectivity index (χ0n) is 13.8. The summed E-state index contributed by atoms with van der Waals surface area (Å²) in [6.07, 6.45) is -0.686. The Bertz CT molecular complexity index is 552. The number of para-hydroxylation sites is 1. The maximum atomic E-state index is 11.9. The van der Waals surface area contributed by atoms with Crippen LogP contribution >= 0.6 is 0 Å². The van der Waals surface area contributed by atoms with Crippen LogP contribution in [0.3, 0.4) is 0 Å². The fourth-order valence-corrected chi connectivity index (χ4v) is 1.60. The molecule has 3 N–H and O–H groups in total. The number of carbonyl (C=O) groups excluding carboxylic acids is 3. The van der Waals surface area contributed by atoms with E-state index in [4.69, 9.17) is 4.74 Å². The number of carbonyl (C=O) groups is 3. The molecule has 0 aromatic heterocycles. The summed E-state index contributed by atoms with van der Waals surface area (Å²) in [6, 6.07) is 8.19. The van der Waals surface area contributed by atoms with Gasteiger partial charge in [0.1, 0.15) is 18.2 Å². The van der Waals surface area contributed by atoms with Crippen LogP contribution in [-0.4, -0.2) is 36.1 Å². The van der Waals surface area contributed by atoms with Gasteiger partial charge >= 0.3 is 6.09 Å². The molecule has 3 amide bonds. The summed E-state index contributed by atoms with van der Waals surface area (Å²) >= 11 is 0. The van der Waals surface area contributed by atoms with Crippen molar-refractivity contribution in [1.29, 1.82) is 0 Å². The Balaban J connectivity index is 2.35. The highest BCUT2D eigenvalue weighted by molar-refractivity contribution is 5.97. The van der Waals surface area contributed by atoms with Crippen molar-refractivity contribution < 1.29 is 19.1 Å². The topological polar surface area (TPSA) is 96.5 Å². The van der Waals surface area contributed by atoms with E-state index >= 15 is 0 Å². The second kappa shape index (κ2) is 8.17. The van der Waals surface area contributed by atoms with Crippen LogP contribution in [0.1, 0.15) is 27.7 Å². The van der Waals surface area contributed by atoms with E-state index in [0.29, 0.717) is 5.69 Å². The van der Waals surface area contributed by atoms with E-state index in [1.54, 1.807) is 52.0 Å². The maximum Gasteiger partial charge on any atom is 0.408 e. The van der Waals surface area contributed by atoms with Gasteiger partial charge in [-0.2, -0.15) is 0 Å². The van der Waals surface area contributed by atoms with E-state index in [-0.39, 0.29) is 12.5 Å². The Labute approximate surface area is 135 Å². The number of hydrogen-bond donors (Lipinski definition) is 3. The molecule has 0 aliphatic heterocycles. The van der Waals surface area contributed by atoms with Gasteiger partial charge in [0, 0.05) is 5.69 Å². The van der Waals surface area contributed by atoms with Crippen LogP contribution in [0, 0.1) is 0 Å². The molecule has 0 aliphatic rings. The van der Waals surface area contributed by atoms with Crippen molar-refractivity contribution in [3.63, 3.8) is 0 Å². The molecule has 1 unspecified atom stereocenters. The predicted octanol–water partition coefficient (Wildman–Crippen LogP) is 1.65. The molecule has 1 aromatic carbocycles. The highest BCUT2D eigenvalue weighted by atomic mass is 16.6. The van der Waals surface area contributed by atoms with Gasteiger partial charge in [-0.3, -0.25) is 9.59 Å². The highest BCUT2D eigenvalue weighted by Gasteiger charge is 2.18. The van der Waals surface area contributed by atoms with Crippen LogP contribution in [-0.2, 0) is 14.3 Å². The van der Waals surface area contributed by atoms with E-state index in [0.717, 1.165) is 0 Å². The number of rotatable bonds is 5. The monoisotopic (exact) mass is 321 g/mol. The Morgan fingerprint density at radius 1 is 1.13 bits per heavy atom. The first-order valence-corrected chi connectivity index (χ1v) is 7.29. The Kier molecular flexibility index (Phi) is 6.56. The van der Waals surface area contributed by atoms with Crippen molar-refractivity contribution in [3.05, 3.63) is 30.3 Å². The number of amides is 3. The van der Waals surface area contributed by atoms with Gasteiger partial charge in [0.15, 0.2) is 0 Å². The summed E-state index contributed by atoms with van der Waals surface area (Å²) in [5, 5.41) is 7.50. The zero-order valence-corrected chi connectivity index (χ0v) is 13.8. The first kappa shape index (κ1) is 18.5. The maximum absolute atomic E-state index is 11.9. The van der Waals surface area contributed by atoms with Crippen molar-refractivity contribution >= 4 is 23.6 Å². The quantitative estimate of drug-likeness (QED) is 0.768. The van der Waals surface area contributed by atoms with Crippen LogP contribution in [0.25, 0.3) is 0 Å². The number of anilines is 1. The second-order valence-corrected chi connectivity index (χ2v) is 6.00. The molecule has 23 heavy (non-hydrogen) atoms. The Morgan fingerprint density at radius 2 is 1.74 bits per heavy atom. The first-order valence-electron chi connectivity index (χ1n) is 7.29. The van der Waals surface area contributed by atoms with Gasteiger partial charge in [-0.25, -0.2) is 4.79 Å². The summed E-state index contributed by atoms with van der Waals surface area (Å²) in [7, 11) is 0. The molecule has 0 heterocycles. The molecule has 0 saturated heterocycles. The summed E-state index contributed by atoms with van der Waals surface area (Å²) in [5.41, 5.74) is 0.00847. The fraction of sp³-hybridized carbons (Fsp3) is 0.438. The van der Waals surface area contributed by atoms with E-state index in [2.05, 4.69) is 16.0 Å². The van der Waals surface area contributed by atoms with Crippen LogP contribution < -0.4 is 16.0 Å². The Morgan fingerprint density at radius 3 is 2.30 bits per heavy atom. The number of nitrogens with one attached hydrogen (secondary N) is 3. The lowest BCUT2D eigenvalue weighted by Crippen LogP contribution is -2.46. The van der Waals surface area contributed by atoms with Gasteiger partial charge < -0.3 is 20.7 Å². The van der Waals surface area contributed by atoms with Gasteiger partial charge in [0.05, 0.1) is 0 Å². The predicted molar refractivity (Wildman–Crippen MR) is 86.9 cm³/mol. The molecule has 1 aromatic rings. The molecule has 1 atom stereocenters. The van der Waals surface area contributed by atoms with Crippen molar-refractivity contribution in [1.82, 2.24) is 10.6 Å². The van der Waals surface area contributed by atoms with Gasteiger partial charge in [-0.1, -0.05) is 18.2 Å². The number of benzene rings is 1. The van der Waals surface area contributed by atoms with Crippen molar-refractivity contribution in [2.24, 2.45) is 0 Å². The van der Waals surface area contributed by atoms with Gasteiger partial charge in [-0.05, 0) is 39.8 Å². The lowest BCUT2D eigenvalue weighted by Gasteiger charge is -2.20. The lowest BCUT2D eigenvalue weighted by molar-refractivity contribution is -0.125. The van der Waals surface area contributed by atoms with E-state index in [1.165, 1.54) is 0 Å². The summed E-state index contributed by atoms with van der Waals surface area (Å²) in [6.45, 7) is 6.47. The molecule has 126 valence electrons. The van der Waals surface area contributed by atoms with Crippen LogP contribution in [0.15, 0.2) is 30.3 Å². The molecule has 7 heteroatoms. The summed E-state index contributed by atoms with van der Waals surface area (Å²) < 4.78 is 5.01. The number of ether oxygens (including phenoxy) is 1. The van der Waals surface area contributed by atoms with E-state index in [9.17, 15) is 14.4 Å². The van der Waals surface area contributed by atoms with Gasteiger partial charge in [0.2, 0.25) is 11.8 Å². The largest absolute Gasteiger partial charge is 0.444 e. The van der Waals surface area contributed by atoms with Crippen LogP contribution in [0.2, 0.25) is 0 Å². The SMILES string of the molecule is CC(NC(=O)CNC(=O)OC(C)(C)C)C(=O)Nc1ccccc1. The molecule has 0 bridgehead atoms. The summed E-state index contributed by atoms with van der Waals surface area (Å²) in [4.78, 5) is 35.1. The molecule has 0 fully saturated rings. The highest BCUT2D eigenvalue weighted by Crippen LogP contribution is 2.06. The average molecular weight is 321 g/mol. The Hall–Kier alpha value is -2.57. The molecule has 7 nitrogen and oxygen atoms in total. The standard InChI is InChI=1S/C16H23N3O4/c1-11(14(21)19-12-8-6-5-7-9-12)18-13(20)10-17-15(22)23-16(2,3)4/h5-9,11H,10H2,1-4H3,(H,17,22)(H,18,20)(H,19,21). The third-order valence-corrected chi connectivity index (χ3v) is 2.60. The third kappa shape index (κ3) is 7.85. The number of hydrogen-bond acceptors (Lipinski definition) is 4. The molecule has 0 radical (unpaired) electrons. The molecule has 0 aliphatic carbocycles. The lowest BCUT2D eigenvalue weighted by atomic mass is 10.2. The minimum atomic E-state index is -0.733. The molecule has 0 spiro atoms. The van der Waals surface area contributed by atoms with E-state index in [1.807, 2.05) is 6.07 Å².